The number of nitrogens with one attached hydrogen (secondary N) is 1. The minimum absolute atomic E-state index is 0.0287. The first kappa shape index (κ1) is 23.0. The third-order valence-electron chi connectivity index (χ3n) is 6.32. The Hall–Kier alpha value is -3.72. The Morgan fingerprint density at radius 1 is 1.23 bits per heavy atom. The van der Waals surface area contributed by atoms with Gasteiger partial charge in [-0.3, -0.25) is 9.59 Å². The van der Waals surface area contributed by atoms with Crippen LogP contribution in [0, 0.1) is 19.8 Å². The fraction of sp³-hybridized carbons (Fsp3) is 0.308. The molecule has 8 nitrogen and oxygen atoms in total. The first-order valence-corrected chi connectivity index (χ1v) is 12.4. The average Bonchev–Trinajstić information content (AvgIpc) is 3.54. The predicted molar refractivity (Wildman–Crippen MR) is 138 cm³/mol. The van der Waals surface area contributed by atoms with Gasteiger partial charge in [-0.25, -0.2) is 4.98 Å². The first-order chi connectivity index (χ1) is 16.9. The summed E-state index contributed by atoms with van der Waals surface area (Å²) in [4.78, 5) is 32.6. The van der Waals surface area contributed by atoms with E-state index in [1.807, 2.05) is 56.3 Å². The van der Waals surface area contributed by atoms with E-state index in [-0.39, 0.29) is 18.2 Å². The van der Waals surface area contributed by atoms with Crippen LogP contribution in [0.25, 0.3) is 15.3 Å². The summed E-state index contributed by atoms with van der Waals surface area (Å²) < 4.78 is 7.93. The average molecular weight is 490 g/mol. The molecule has 35 heavy (non-hydrogen) atoms. The van der Waals surface area contributed by atoms with Crippen molar-refractivity contribution < 1.29 is 14.3 Å². The van der Waals surface area contributed by atoms with Gasteiger partial charge in [0.15, 0.2) is 0 Å². The number of carbonyl (C=O) groups is 2. The van der Waals surface area contributed by atoms with E-state index in [0.29, 0.717) is 17.5 Å². The molecule has 0 aliphatic carbocycles. The molecular weight excluding hydrogens is 462 g/mol. The summed E-state index contributed by atoms with van der Waals surface area (Å²) in [6.45, 7) is 6.30. The second-order valence-electron chi connectivity index (χ2n) is 8.74. The summed E-state index contributed by atoms with van der Waals surface area (Å²) in [7, 11) is 1.63. The molecule has 180 valence electrons. The van der Waals surface area contributed by atoms with Crippen molar-refractivity contribution in [2.24, 2.45) is 5.92 Å². The third-order valence-corrected chi connectivity index (χ3v) is 7.31. The van der Waals surface area contributed by atoms with Gasteiger partial charge in [0, 0.05) is 24.7 Å². The lowest BCUT2D eigenvalue weighted by atomic mass is 10.0. The highest BCUT2D eigenvalue weighted by atomic mass is 32.1. The number of thiazole rings is 1. The van der Waals surface area contributed by atoms with Gasteiger partial charge in [0.05, 0.1) is 28.9 Å². The molecule has 0 radical (unpaired) electrons. The van der Waals surface area contributed by atoms with Gasteiger partial charge in [-0.1, -0.05) is 36.5 Å². The van der Waals surface area contributed by atoms with Gasteiger partial charge in [0.25, 0.3) is 0 Å². The number of rotatable bonds is 6. The number of aromatic nitrogens is 3. The number of hydrogen-bond acceptors (Lipinski definition) is 6. The maximum atomic E-state index is 13.3. The number of carbonyl (C=O) groups excluding carboxylic acids is 2. The van der Waals surface area contributed by atoms with Crippen LogP contribution >= 0.6 is 11.3 Å². The van der Waals surface area contributed by atoms with Crippen LogP contribution in [0.4, 0.5) is 11.5 Å². The summed E-state index contributed by atoms with van der Waals surface area (Å²) in [6.07, 6.45) is 1.00. The van der Waals surface area contributed by atoms with Crippen LogP contribution < -0.4 is 15.0 Å². The number of amides is 2. The van der Waals surface area contributed by atoms with Gasteiger partial charge in [0.2, 0.25) is 16.9 Å². The quantitative estimate of drug-likeness (QED) is 0.425. The number of benzene rings is 2. The molecule has 1 N–H and O–H groups in total. The Kier molecular flexibility index (Phi) is 6.02. The maximum Gasteiger partial charge on any atom is 0.230 e. The number of methoxy groups -OCH3 is 1. The molecule has 4 aromatic rings. The Morgan fingerprint density at radius 3 is 2.83 bits per heavy atom. The second kappa shape index (κ2) is 9.14. The molecule has 2 aromatic heterocycles. The molecule has 0 spiro atoms. The van der Waals surface area contributed by atoms with E-state index in [4.69, 9.17) is 4.74 Å². The number of hydrogen-bond donors (Lipinski definition) is 1. The minimum Gasteiger partial charge on any atom is -0.497 e. The zero-order valence-corrected chi connectivity index (χ0v) is 21.0. The lowest BCUT2D eigenvalue weighted by Gasteiger charge is -2.22. The van der Waals surface area contributed by atoms with Crippen molar-refractivity contribution in [2.45, 2.75) is 33.6 Å². The van der Waals surface area contributed by atoms with Crippen molar-refractivity contribution in [3.05, 3.63) is 59.3 Å². The molecule has 1 aliphatic rings. The molecule has 1 aliphatic heterocycles. The highest BCUT2D eigenvalue weighted by Crippen LogP contribution is 2.33. The molecule has 1 fully saturated rings. The number of anilines is 2. The minimum atomic E-state index is -0.449. The van der Waals surface area contributed by atoms with Gasteiger partial charge >= 0.3 is 0 Å². The molecule has 9 heteroatoms. The summed E-state index contributed by atoms with van der Waals surface area (Å²) in [5.74, 6) is 0.619. The standard InChI is InChI=1S/C26H27N5O3S/c1-5-17-8-6-7-15(2)24(17)30-14-18(12-23(30)32)25(33)28-22-11-16(3)29-31(22)26-27-20-10-9-19(34-4)13-21(20)35-26/h6-11,13,18H,5,12,14H2,1-4H3,(H,28,33). The van der Waals surface area contributed by atoms with E-state index in [0.717, 1.165) is 44.9 Å². The molecule has 2 aromatic carbocycles. The molecule has 5 rings (SSSR count). The van der Waals surface area contributed by atoms with Gasteiger partial charge in [-0.05, 0) is 49.6 Å². The van der Waals surface area contributed by atoms with Crippen molar-refractivity contribution in [2.75, 3.05) is 23.9 Å². The van der Waals surface area contributed by atoms with E-state index in [1.54, 1.807) is 16.7 Å². The fourth-order valence-electron chi connectivity index (χ4n) is 4.56. The van der Waals surface area contributed by atoms with Gasteiger partial charge < -0.3 is 15.0 Å². The van der Waals surface area contributed by atoms with E-state index < -0.39 is 5.92 Å². The molecular formula is C26H27N5O3S. The second-order valence-corrected chi connectivity index (χ2v) is 9.75. The van der Waals surface area contributed by atoms with E-state index >= 15 is 0 Å². The topological polar surface area (TPSA) is 89.3 Å². The van der Waals surface area contributed by atoms with Crippen LogP contribution in [0.2, 0.25) is 0 Å². The lowest BCUT2D eigenvalue weighted by Crippen LogP contribution is -2.29. The molecule has 1 saturated heterocycles. The molecule has 0 bridgehead atoms. The van der Waals surface area contributed by atoms with Gasteiger partial charge in [-0.2, -0.15) is 9.78 Å². The van der Waals surface area contributed by atoms with Crippen molar-refractivity contribution in [3.8, 4) is 10.9 Å². The van der Waals surface area contributed by atoms with E-state index in [9.17, 15) is 9.59 Å². The fourth-order valence-corrected chi connectivity index (χ4v) is 5.52. The number of aryl methyl sites for hydroxylation is 3. The van der Waals surface area contributed by atoms with E-state index in [2.05, 4.69) is 22.3 Å². The van der Waals surface area contributed by atoms with Crippen molar-refractivity contribution >= 4 is 44.9 Å². The van der Waals surface area contributed by atoms with Crippen LogP contribution in [-0.2, 0) is 16.0 Å². The summed E-state index contributed by atoms with van der Waals surface area (Å²) in [5.41, 5.74) is 4.67. The zero-order valence-electron chi connectivity index (χ0n) is 20.2. The molecule has 3 heterocycles. The van der Waals surface area contributed by atoms with Crippen LogP contribution in [-0.4, -0.2) is 40.2 Å². The Bertz CT molecular complexity index is 1440. The Balaban J connectivity index is 1.39. The highest BCUT2D eigenvalue weighted by Gasteiger charge is 2.37. The number of ether oxygens (including phenoxy) is 1. The Morgan fingerprint density at radius 2 is 2.06 bits per heavy atom. The normalized spacial score (nSPS) is 15.7. The SMILES string of the molecule is CCc1cccc(C)c1N1CC(C(=O)Nc2cc(C)nn2-c2nc3ccc(OC)cc3s2)CC1=O. The number of fused-ring (bicyclic) bond motifs is 1. The van der Waals surface area contributed by atoms with Gasteiger partial charge in [0.1, 0.15) is 11.6 Å². The first-order valence-electron chi connectivity index (χ1n) is 11.6. The third kappa shape index (κ3) is 4.27. The smallest absolute Gasteiger partial charge is 0.230 e. The monoisotopic (exact) mass is 489 g/mol. The Labute approximate surface area is 207 Å². The summed E-state index contributed by atoms with van der Waals surface area (Å²) in [5, 5.41) is 8.20. The molecule has 1 unspecified atom stereocenters. The van der Waals surface area contributed by atoms with Crippen molar-refractivity contribution in [3.63, 3.8) is 0 Å². The van der Waals surface area contributed by atoms with Crippen molar-refractivity contribution in [1.29, 1.82) is 0 Å². The summed E-state index contributed by atoms with van der Waals surface area (Å²) >= 11 is 1.47. The van der Waals surface area contributed by atoms with Crippen LogP contribution in [0.3, 0.4) is 0 Å². The predicted octanol–water partition coefficient (Wildman–Crippen LogP) is 4.66. The maximum absolute atomic E-state index is 13.3. The molecule has 1 atom stereocenters. The van der Waals surface area contributed by atoms with E-state index in [1.165, 1.54) is 11.3 Å². The molecule has 2 amide bonds. The summed E-state index contributed by atoms with van der Waals surface area (Å²) in [6, 6.07) is 13.6. The van der Waals surface area contributed by atoms with Crippen LogP contribution in [0.5, 0.6) is 5.75 Å². The number of para-hydroxylation sites is 1. The number of nitrogens with zero attached hydrogens (tertiary/aromatic N) is 4. The lowest BCUT2D eigenvalue weighted by molar-refractivity contribution is -0.122. The van der Waals surface area contributed by atoms with Crippen molar-refractivity contribution in [1.82, 2.24) is 14.8 Å². The highest BCUT2D eigenvalue weighted by molar-refractivity contribution is 7.20. The molecule has 0 saturated carbocycles. The zero-order chi connectivity index (χ0) is 24.7. The largest absolute Gasteiger partial charge is 0.497 e. The van der Waals surface area contributed by atoms with Crippen LogP contribution in [0.15, 0.2) is 42.5 Å². The van der Waals surface area contributed by atoms with Gasteiger partial charge in [-0.15, -0.1) is 0 Å². The van der Waals surface area contributed by atoms with Crippen LogP contribution in [0.1, 0.15) is 30.2 Å².